The molecule has 1 heterocycles. The van der Waals surface area contributed by atoms with E-state index in [4.69, 9.17) is 14.4 Å². The van der Waals surface area contributed by atoms with E-state index in [1.807, 2.05) is 19.1 Å². The van der Waals surface area contributed by atoms with Crippen LogP contribution in [0.1, 0.15) is 22.3 Å². The summed E-state index contributed by atoms with van der Waals surface area (Å²) in [4.78, 5) is 24.1. The van der Waals surface area contributed by atoms with Crippen LogP contribution in [0, 0.1) is 32.1 Å². The molecule has 27 heavy (non-hydrogen) atoms. The van der Waals surface area contributed by atoms with Gasteiger partial charge >= 0.3 is 5.63 Å². The average Bonchev–Trinajstić information content (AvgIpc) is 2.66. The number of amides is 1. The zero-order valence-electron chi connectivity index (χ0n) is 15.3. The lowest BCUT2D eigenvalue weighted by molar-refractivity contribution is -0.118. The van der Waals surface area contributed by atoms with Gasteiger partial charge in [-0.1, -0.05) is 6.07 Å². The van der Waals surface area contributed by atoms with Crippen molar-refractivity contribution in [2.45, 2.75) is 20.8 Å². The van der Waals surface area contributed by atoms with Gasteiger partial charge in [0.1, 0.15) is 11.3 Å². The summed E-state index contributed by atoms with van der Waals surface area (Å²) in [6, 6.07) is 12.2. The van der Waals surface area contributed by atoms with Crippen molar-refractivity contribution in [3.05, 3.63) is 69.1 Å². The van der Waals surface area contributed by atoms with E-state index < -0.39 is 0 Å². The summed E-state index contributed by atoms with van der Waals surface area (Å²) in [5.74, 6) is 0.112. The summed E-state index contributed by atoms with van der Waals surface area (Å²) in [7, 11) is 0. The Balaban J connectivity index is 1.78. The fourth-order valence-electron chi connectivity index (χ4n) is 2.79. The highest BCUT2D eigenvalue weighted by atomic mass is 16.5. The van der Waals surface area contributed by atoms with Gasteiger partial charge < -0.3 is 14.5 Å². The number of aryl methyl sites for hydroxylation is 2. The van der Waals surface area contributed by atoms with Gasteiger partial charge in [-0.2, -0.15) is 5.26 Å². The van der Waals surface area contributed by atoms with Crippen molar-refractivity contribution in [3.8, 4) is 11.8 Å². The molecule has 0 unspecified atom stereocenters. The second-order valence-corrected chi connectivity index (χ2v) is 6.23. The summed E-state index contributed by atoms with van der Waals surface area (Å²) in [6.45, 7) is 5.17. The minimum absolute atomic E-state index is 0.210. The predicted octanol–water partition coefficient (Wildman–Crippen LogP) is 3.61. The summed E-state index contributed by atoms with van der Waals surface area (Å²) in [5, 5.41) is 12.4. The second kappa shape index (κ2) is 7.34. The minimum atomic E-state index is -0.379. The summed E-state index contributed by atoms with van der Waals surface area (Å²) < 4.78 is 11.0. The van der Waals surface area contributed by atoms with Crippen LogP contribution in [-0.2, 0) is 4.79 Å². The maximum absolute atomic E-state index is 12.1. The third-order valence-electron chi connectivity index (χ3n) is 4.46. The Labute approximate surface area is 156 Å². The Morgan fingerprint density at radius 3 is 2.67 bits per heavy atom. The molecular weight excluding hydrogens is 344 g/mol. The third-order valence-corrected chi connectivity index (χ3v) is 4.46. The summed E-state index contributed by atoms with van der Waals surface area (Å²) >= 11 is 0. The van der Waals surface area contributed by atoms with E-state index in [1.165, 1.54) is 0 Å². The van der Waals surface area contributed by atoms with E-state index >= 15 is 0 Å². The Hall–Kier alpha value is -3.59. The van der Waals surface area contributed by atoms with Crippen LogP contribution >= 0.6 is 0 Å². The number of anilines is 1. The van der Waals surface area contributed by atoms with Gasteiger partial charge in [-0.25, -0.2) is 4.79 Å². The van der Waals surface area contributed by atoms with Crippen LogP contribution in [0.25, 0.3) is 11.0 Å². The smallest absolute Gasteiger partial charge is 0.339 e. The molecule has 0 fully saturated rings. The number of benzene rings is 2. The Kier molecular flexibility index (Phi) is 4.95. The zero-order valence-corrected chi connectivity index (χ0v) is 15.3. The van der Waals surface area contributed by atoms with Crippen LogP contribution in [0.3, 0.4) is 0 Å². The first kappa shape index (κ1) is 18.2. The molecule has 1 aromatic heterocycles. The van der Waals surface area contributed by atoms with Crippen molar-refractivity contribution in [2.24, 2.45) is 0 Å². The van der Waals surface area contributed by atoms with Gasteiger partial charge in [0.15, 0.2) is 6.61 Å². The van der Waals surface area contributed by atoms with Gasteiger partial charge in [0, 0.05) is 22.2 Å². The number of nitrogens with one attached hydrogen (secondary N) is 1. The first-order chi connectivity index (χ1) is 12.9. The molecule has 1 amide bonds. The summed E-state index contributed by atoms with van der Waals surface area (Å²) in [6.07, 6.45) is 0. The van der Waals surface area contributed by atoms with E-state index in [0.717, 1.165) is 10.9 Å². The van der Waals surface area contributed by atoms with E-state index in [0.29, 0.717) is 33.7 Å². The monoisotopic (exact) mass is 362 g/mol. The van der Waals surface area contributed by atoms with Crippen LogP contribution in [0.2, 0.25) is 0 Å². The highest BCUT2D eigenvalue weighted by molar-refractivity contribution is 5.92. The molecule has 2 aromatic carbocycles. The Bertz CT molecular complexity index is 1140. The fraction of sp³-hybridized carbons (Fsp3) is 0.190. The lowest BCUT2D eigenvalue weighted by atomic mass is 10.0. The number of nitrogens with zero attached hydrogens (tertiary/aromatic N) is 1. The van der Waals surface area contributed by atoms with Crippen molar-refractivity contribution < 1.29 is 13.9 Å². The number of nitriles is 1. The van der Waals surface area contributed by atoms with Crippen LogP contribution in [0.15, 0.2) is 45.6 Å². The molecule has 0 saturated heterocycles. The molecule has 1 N–H and O–H groups in total. The molecule has 3 rings (SSSR count). The first-order valence-corrected chi connectivity index (χ1v) is 8.37. The number of carbonyl (C=O) groups is 1. The number of hydrogen-bond donors (Lipinski definition) is 1. The maximum Gasteiger partial charge on any atom is 0.339 e. The molecule has 0 aliphatic carbocycles. The second-order valence-electron chi connectivity index (χ2n) is 6.23. The van der Waals surface area contributed by atoms with Crippen molar-refractivity contribution >= 4 is 22.6 Å². The molecule has 0 spiro atoms. The number of rotatable bonds is 4. The fourth-order valence-corrected chi connectivity index (χ4v) is 2.79. The highest BCUT2D eigenvalue weighted by Gasteiger charge is 2.14. The van der Waals surface area contributed by atoms with Gasteiger partial charge in [-0.05, 0) is 56.7 Å². The first-order valence-electron chi connectivity index (χ1n) is 8.37. The number of ether oxygens (including phenoxy) is 1. The van der Waals surface area contributed by atoms with E-state index in [2.05, 4.69) is 5.32 Å². The predicted molar refractivity (Wildman–Crippen MR) is 102 cm³/mol. The largest absolute Gasteiger partial charge is 0.483 e. The van der Waals surface area contributed by atoms with Crippen LogP contribution in [-0.4, -0.2) is 12.5 Å². The number of fused-ring (bicyclic) bond motifs is 1. The average molecular weight is 362 g/mol. The summed E-state index contributed by atoms with van der Waals surface area (Å²) in [5.41, 5.74) is 3.17. The highest BCUT2D eigenvalue weighted by Crippen LogP contribution is 2.29. The van der Waals surface area contributed by atoms with Crippen molar-refractivity contribution in [3.63, 3.8) is 0 Å². The van der Waals surface area contributed by atoms with Crippen LogP contribution in [0.5, 0.6) is 5.75 Å². The Morgan fingerprint density at radius 2 is 1.93 bits per heavy atom. The number of carbonyl (C=O) groups excluding carboxylic acids is 1. The van der Waals surface area contributed by atoms with Gasteiger partial charge in [-0.3, -0.25) is 4.79 Å². The molecule has 136 valence electrons. The van der Waals surface area contributed by atoms with E-state index in [-0.39, 0.29) is 18.1 Å². The van der Waals surface area contributed by atoms with Crippen molar-refractivity contribution in [1.82, 2.24) is 0 Å². The quantitative estimate of drug-likeness (QED) is 0.716. The molecule has 0 saturated carbocycles. The Morgan fingerprint density at radius 1 is 1.15 bits per heavy atom. The van der Waals surface area contributed by atoms with Crippen LogP contribution in [0.4, 0.5) is 5.69 Å². The molecule has 0 radical (unpaired) electrons. The molecule has 0 aliphatic heterocycles. The van der Waals surface area contributed by atoms with Gasteiger partial charge in [0.2, 0.25) is 0 Å². The SMILES string of the molecule is Cc1c(C)c2ccc(OCC(=O)Nc3cccc(C#N)c3)c(C)c2oc1=O. The molecule has 0 aliphatic rings. The maximum atomic E-state index is 12.1. The molecule has 3 aromatic rings. The third kappa shape index (κ3) is 3.67. The standard InChI is InChI=1S/C21H18N2O4/c1-12-13(2)21(25)27-20-14(3)18(8-7-17(12)20)26-11-19(24)23-16-6-4-5-15(9-16)10-22/h4-9H,11H2,1-3H3,(H,23,24). The van der Waals surface area contributed by atoms with Gasteiger partial charge in [-0.15, -0.1) is 0 Å². The molecule has 6 heteroatoms. The molecule has 6 nitrogen and oxygen atoms in total. The molecule has 0 bridgehead atoms. The molecular formula is C21H18N2O4. The van der Waals surface area contributed by atoms with Crippen molar-refractivity contribution in [2.75, 3.05) is 11.9 Å². The lowest BCUT2D eigenvalue weighted by Crippen LogP contribution is -2.20. The molecule has 0 atom stereocenters. The van der Waals surface area contributed by atoms with Gasteiger partial charge in [0.25, 0.3) is 5.91 Å². The van der Waals surface area contributed by atoms with Crippen LogP contribution < -0.4 is 15.7 Å². The number of hydrogen-bond acceptors (Lipinski definition) is 5. The van der Waals surface area contributed by atoms with Crippen molar-refractivity contribution in [1.29, 1.82) is 5.26 Å². The van der Waals surface area contributed by atoms with Gasteiger partial charge in [0.05, 0.1) is 11.6 Å². The lowest BCUT2D eigenvalue weighted by Gasteiger charge is -2.12. The minimum Gasteiger partial charge on any atom is -0.483 e. The normalized spacial score (nSPS) is 10.4. The van der Waals surface area contributed by atoms with E-state index in [9.17, 15) is 9.59 Å². The topological polar surface area (TPSA) is 92.3 Å². The zero-order chi connectivity index (χ0) is 19.6. The van der Waals surface area contributed by atoms with E-state index in [1.54, 1.807) is 44.2 Å².